The first-order valence-corrected chi connectivity index (χ1v) is 7.14. The molecule has 0 saturated carbocycles. The number of nitrogens with one attached hydrogen (secondary N) is 1. The summed E-state index contributed by atoms with van der Waals surface area (Å²) < 4.78 is 10.7. The Morgan fingerprint density at radius 1 is 1.41 bits per heavy atom. The Balaban J connectivity index is 2.17. The Morgan fingerprint density at radius 2 is 2.05 bits per heavy atom. The van der Waals surface area contributed by atoms with Gasteiger partial charge < -0.3 is 19.9 Å². The van der Waals surface area contributed by atoms with Gasteiger partial charge in [0.25, 0.3) is 5.91 Å². The van der Waals surface area contributed by atoms with E-state index in [0.717, 1.165) is 0 Å². The summed E-state index contributed by atoms with van der Waals surface area (Å²) in [6.07, 6.45) is 0.554. The number of carbonyl (C=O) groups is 2. The minimum absolute atomic E-state index is 0.117. The number of amides is 1. The SMILES string of the molecule is CCC1Nc2cc3c(cc2N(C(C)(C)C(=O)O)C1=O)OCO3. The Kier molecular flexibility index (Phi) is 3.16. The Morgan fingerprint density at radius 3 is 2.64 bits per heavy atom. The van der Waals surface area contributed by atoms with Gasteiger partial charge in [0.2, 0.25) is 6.79 Å². The van der Waals surface area contributed by atoms with Gasteiger partial charge in [0.1, 0.15) is 11.6 Å². The van der Waals surface area contributed by atoms with E-state index in [1.807, 2.05) is 6.92 Å². The summed E-state index contributed by atoms with van der Waals surface area (Å²) in [4.78, 5) is 25.7. The van der Waals surface area contributed by atoms with Gasteiger partial charge in [0.15, 0.2) is 11.5 Å². The molecule has 0 saturated heterocycles. The molecule has 0 fully saturated rings. The van der Waals surface area contributed by atoms with Crippen molar-refractivity contribution in [2.45, 2.75) is 38.8 Å². The van der Waals surface area contributed by atoms with Crippen molar-refractivity contribution < 1.29 is 24.2 Å². The van der Waals surface area contributed by atoms with Crippen LogP contribution in [0.15, 0.2) is 12.1 Å². The second-order valence-corrected chi connectivity index (χ2v) is 5.87. The van der Waals surface area contributed by atoms with E-state index in [4.69, 9.17) is 9.47 Å². The fourth-order valence-corrected chi connectivity index (χ4v) is 2.70. The Hall–Kier alpha value is -2.44. The van der Waals surface area contributed by atoms with Crippen LogP contribution >= 0.6 is 0 Å². The molecule has 0 aromatic heterocycles. The molecule has 1 amide bonds. The smallest absolute Gasteiger partial charge is 0.329 e. The Labute approximate surface area is 127 Å². The van der Waals surface area contributed by atoms with Crippen LogP contribution in [-0.4, -0.2) is 35.4 Å². The van der Waals surface area contributed by atoms with Gasteiger partial charge in [-0.25, -0.2) is 4.79 Å². The van der Waals surface area contributed by atoms with Gasteiger partial charge in [-0.2, -0.15) is 0 Å². The molecule has 0 spiro atoms. The van der Waals surface area contributed by atoms with Crippen LogP contribution in [0.5, 0.6) is 11.5 Å². The number of nitrogens with zero attached hydrogens (tertiary/aromatic N) is 1. The minimum Gasteiger partial charge on any atom is -0.480 e. The second kappa shape index (κ2) is 4.79. The van der Waals surface area contributed by atoms with Crippen LogP contribution < -0.4 is 19.7 Å². The van der Waals surface area contributed by atoms with Crippen LogP contribution in [0.4, 0.5) is 11.4 Å². The number of rotatable bonds is 3. The largest absolute Gasteiger partial charge is 0.480 e. The van der Waals surface area contributed by atoms with Gasteiger partial charge in [-0.15, -0.1) is 0 Å². The molecular weight excluding hydrogens is 288 g/mol. The lowest BCUT2D eigenvalue weighted by atomic mass is 9.96. The molecule has 1 unspecified atom stereocenters. The zero-order valence-electron chi connectivity index (χ0n) is 12.7. The average molecular weight is 306 g/mol. The molecule has 0 bridgehead atoms. The quantitative estimate of drug-likeness (QED) is 0.885. The van der Waals surface area contributed by atoms with E-state index in [-0.39, 0.29) is 12.7 Å². The molecule has 7 heteroatoms. The standard InChI is InChI=1S/C15H18N2O5/c1-4-8-13(18)17(15(2,3)14(19)20)10-6-12-11(21-7-22-12)5-9(10)16-8/h5-6,8,16H,4,7H2,1-3H3,(H,19,20). The summed E-state index contributed by atoms with van der Waals surface area (Å²) in [7, 11) is 0. The van der Waals surface area contributed by atoms with E-state index in [1.165, 1.54) is 18.7 Å². The van der Waals surface area contributed by atoms with Gasteiger partial charge in [0, 0.05) is 12.1 Å². The summed E-state index contributed by atoms with van der Waals surface area (Å²) in [5, 5.41) is 12.7. The number of hydrogen-bond donors (Lipinski definition) is 2. The van der Waals surface area contributed by atoms with Crippen molar-refractivity contribution in [3.8, 4) is 11.5 Å². The number of carbonyl (C=O) groups excluding carboxylic acids is 1. The van der Waals surface area contributed by atoms with Gasteiger partial charge in [-0.1, -0.05) is 6.92 Å². The van der Waals surface area contributed by atoms with Gasteiger partial charge in [0.05, 0.1) is 11.4 Å². The fourth-order valence-electron chi connectivity index (χ4n) is 2.70. The van der Waals surface area contributed by atoms with Crippen LogP contribution in [0.1, 0.15) is 27.2 Å². The summed E-state index contributed by atoms with van der Waals surface area (Å²) >= 11 is 0. The molecule has 3 rings (SSSR count). The van der Waals surface area contributed by atoms with E-state index in [2.05, 4.69) is 5.32 Å². The zero-order valence-corrected chi connectivity index (χ0v) is 12.7. The molecular formula is C15H18N2O5. The summed E-state index contributed by atoms with van der Waals surface area (Å²) in [6, 6.07) is 2.93. The molecule has 2 aliphatic heterocycles. The van der Waals surface area contributed by atoms with E-state index in [1.54, 1.807) is 12.1 Å². The van der Waals surface area contributed by atoms with Crippen LogP contribution in [0, 0.1) is 0 Å². The lowest BCUT2D eigenvalue weighted by Gasteiger charge is -2.42. The fraction of sp³-hybridized carbons (Fsp3) is 0.467. The summed E-state index contributed by atoms with van der Waals surface area (Å²) in [5.74, 6) is -0.236. The number of carboxylic acids is 1. The highest BCUT2D eigenvalue weighted by molar-refractivity contribution is 6.10. The van der Waals surface area contributed by atoms with E-state index >= 15 is 0 Å². The molecule has 0 aliphatic carbocycles. The first-order valence-electron chi connectivity index (χ1n) is 7.14. The first-order chi connectivity index (χ1) is 10.4. The average Bonchev–Trinajstić information content (AvgIpc) is 2.91. The van der Waals surface area contributed by atoms with Crippen LogP contribution in [0.3, 0.4) is 0 Å². The van der Waals surface area contributed by atoms with Gasteiger partial charge >= 0.3 is 5.97 Å². The third-order valence-corrected chi connectivity index (χ3v) is 4.07. The van der Waals surface area contributed by atoms with Crippen molar-refractivity contribution in [1.29, 1.82) is 0 Å². The van der Waals surface area contributed by atoms with Gasteiger partial charge in [-0.3, -0.25) is 9.69 Å². The number of fused-ring (bicyclic) bond motifs is 2. The van der Waals surface area contributed by atoms with E-state index in [9.17, 15) is 14.7 Å². The van der Waals surface area contributed by atoms with Crippen molar-refractivity contribution >= 4 is 23.3 Å². The maximum absolute atomic E-state index is 12.7. The molecule has 118 valence electrons. The molecule has 2 aliphatic rings. The second-order valence-electron chi connectivity index (χ2n) is 5.87. The molecule has 2 N–H and O–H groups in total. The molecule has 1 atom stereocenters. The summed E-state index contributed by atoms with van der Waals surface area (Å²) in [5.41, 5.74) is -0.203. The lowest BCUT2D eigenvalue weighted by molar-refractivity contribution is -0.144. The number of aliphatic carboxylic acids is 1. The van der Waals surface area contributed by atoms with Crippen molar-refractivity contribution in [3.63, 3.8) is 0 Å². The maximum Gasteiger partial charge on any atom is 0.329 e. The van der Waals surface area contributed by atoms with Crippen molar-refractivity contribution in [2.75, 3.05) is 17.0 Å². The zero-order chi connectivity index (χ0) is 16.1. The normalized spacial score (nSPS) is 19.7. The summed E-state index contributed by atoms with van der Waals surface area (Å²) in [6.45, 7) is 5.02. The molecule has 7 nitrogen and oxygen atoms in total. The third kappa shape index (κ3) is 1.96. The molecule has 0 radical (unpaired) electrons. The van der Waals surface area contributed by atoms with Crippen LogP contribution in [-0.2, 0) is 9.59 Å². The Bertz CT molecular complexity index is 656. The highest BCUT2D eigenvalue weighted by Crippen LogP contribution is 2.45. The number of benzene rings is 1. The molecule has 1 aromatic rings. The predicted octanol–water partition coefficient (Wildman–Crippen LogP) is 1.82. The first kappa shape index (κ1) is 14.5. The van der Waals surface area contributed by atoms with Gasteiger partial charge in [-0.05, 0) is 20.3 Å². The third-order valence-electron chi connectivity index (χ3n) is 4.07. The van der Waals surface area contributed by atoms with Crippen molar-refractivity contribution in [3.05, 3.63) is 12.1 Å². The lowest BCUT2D eigenvalue weighted by Crippen LogP contribution is -2.59. The van der Waals surface area contributed by atoms with Crippen LogP contribution in [0.25, 0.3) is 0 Å². The van der Waals surface area contributed by atoms with Crippen LogP contribution in [0.2, 0.25) is 0 Å². The number of ether oxygens (including phenoxy) is 2. The monoisotopic (exact) mass is 306 g/mol. The highest BCUT2D eigenvalue weighted by Gasteiger charge is 2.45. The maximum atomic E-state index is 12.7. The van der Waals surface area contributed by atoms with E-state index in [0.29, 0.717) is 29.3 Å². The molecule has 2 heterocycles. The topological polar surface area (TPSA) is 88.1 Å². The highest BCUT2D eigenvalue weighted by atomic mass is 16.7. The van der Waals surface area contributed by atoms with Crippen molar-refractivity contribution in [2.24, 2.45) is 0 Å². The predicted molar refractivity (Wildman–Crippen MR) is 79.5 cm³/mol. The number of anilines is 2. The van der Waals surface area contributed by atoms with E-state index < -0.39 is 17.6 Å². The number of hydrogen-bond acceptors (Lipinski definition) is 5. The molecule has 22 heavy (non-hydrogen) atoms. The minimum atomic E-state index is -1.37. The number of carboxylic acid groups (broad SMARTS) is 1. The van der Waals surface area contributed by atoms with Crippen molar-refractivity contribution in [1.82, 2.24) is 0 Å². The molecule has 1 aromatic carbocycles.